The van der Waals surface area contributed by atoms with Crippen molar-refractivity contribution in [3.63, 3.8) is 0 Å². The molecule has 2 fully saturated rings. The molecule has 2 aromatic heterocycles. The zero-order valence-corrected chi connectivity index (χ0v) is 21.6. The van der Waals surface area contributed by atoms with Gasteiger partial charge in [0, 0.05) is 41.4 Å². The van der Waals surface area contributed by atoms with Crippen LogP contribution in [0, 0.1) is 6.92 Å². The lowest BCUT2D eigenvalue weighted by Crippen LogP contribution is -2.62. The van der Waals surface area contributed by atoms with Gasteiger partial charge in [-0.2, -0.15) is 5.10 Å². The molecule has 0 amide bonds. The maximum atomic E-state index is 11.3. The van der Waals surface area contributed by atoms with Gasteiger partial charge < -0.3 is 19.2 Å². The smallest absolute Gasteiger partial charge is 0.294 e. The molecule has 185 valence electrons. The third-order valence-electron chi connectivity index (χ3n) is 8.16. The topological polar surface area (TPSA) is 84.3 Å². The molecule has 1 aromatic carbocycles. The van der Waals surface area contributed by atoms with E-state index in [9.17, 15) is 4.79 Å². The molecule has 2 saturated heterocycles. The van der Waals surface area contributed by atoms with E-state index in [2.05, 4.69) is 82.2 Å². The summed E-state index contributed by atoms with van der Waals surface area (Å²) >= 11 is 0. The van der Waals surface area contributed by atoms with Crippen LogP contribution < -0.4 is 9.64 Å². The minimum absolute atomic E-state index is 0.00653. The van der Waals surface area contributed by atoms with Gasteiger partial charge in [0.05, 0.1) is 25.2 Å². The number of nitrogens with zero attached hydrogens (tertiary/aromatic N) is 6. The number of aromatic nitrogens is 4. The quantitative estimate of drug-likeness (QED) is 0.369. The van der Waals surface area contributed by atoms with Crippen LogP contribution in [0.1, 0.15) is 45.1 Å². The highest BCUT2D eigenvalue weighted by molar-refractivity contribution is 6.64. The van der Waals surface area contributed by atoms with Crippen molar-refractivity contribution in [3.8, 4) is 28.3 Å². The average Bonchev–Trinajstić information content (AvgIpc) is 3.03. The van der Waals surface area contributed by atoms with E-state index in [1.165, 1.54) is 0 Å². The fraction of sp³-hybridized carbons (Fsp3) is 0.444. The van der Waals surface area contributed by atoms with Gasteiger partial charge in [-0.1, -0.05) is 18.2 Å². The summed E-state index contributed by atoms with van der Waals surface area (Å²) in [6.45, 7) is 6.63. The van der Waals surface area contributed by atoms with E-state index in [1.54, 1.807) is 20.7 Å². The van der Waals surface area contributed by atoms with Crippen LogP contribution in [0.4, 0.5) is 5.82 Å². The van der Waals surface area contributed by atoms with Crippen LogP contribution >= 0.6 is 0 Å². The fourth-order valence-corrected chi connectivity index (χ4v) is 6.19. The Morgan fingerprint density at radius 1 is 1.06 bits per heavy atom. The summed E-state index contributed by atoms with van der Waals surface area (Å²) in [5.74, 6) is 1.36. The summed E-state index contributed by atoms with van der Waals surface area (Å²) in [7, 11) is 5.44. The van der Waals surface area contributed by atoms with Gasteiger partial charge in [0.15, 0.2) is 5.82 Å². The zero-order valence-electron chi connectivity index (χ0n) is 21.6. The first kappa shape index (κ1) is 24.4. The number of fused-ring (bicyclic) bond motifs is 2. The third-order valence-corrected chi connectivity index (χ3v) is 8.16. The number of hydrogen-bond acceptors (Lipinski definition) is 8. The van der Waals surface area contributed by atoms with Gasteiger partial charge in [-0.25, -0.2) is 0 Å². The van der Waals surface area contributed by atoms with Gasteiger partial charge in [-0.3, -0.25) is 0 Å². The first-order chi connectivity index (χ1) is 17.3. The monoisotopic (exact) mass is 483 g/mol. The molecule has 2 aliphatic rings. The minimum atomic E-state index is -0.00653. The van der Waals surface area contributed by atoms with Crippen molar-refractivity contribution in [2.24, 2.45) is 0 Å². The van der Waals surface area contributed by atoms with E-state index in [4.69, 9.17) is 4.74 Å². The van der Waals surface area contributed by atoms with Gasteiger partial charge in [0.25, 0.3) is 7.41 Å². The lowest BCUT2D eigenvalue weighted by Gasteiger charge is -2.52. The van der Waals surface area contributed by atoms with Crippen LogP contribution in [0.25, 0.3) is 22.4 Å². The second-order valence-electron chi connectivity index (χ2n) is 10.6. The van der Waals surface area contributed by atoms with Crippen molar-refractivity contribution in [3.05, 3.63) is 48.2 Å². The van der Waals surface area contributed by atoms with Gasteiger partial charge >= 0.3 is 0 Å². The Labute approximate surface area is 213 Å². The van der Waals surface area contributed by atoms with Crippen molar-refractivity contribution >= 4 is 19.4 Å². The Hall–Kier alpha value is -3.33. The Morgan fingerprint density at radius 2 is 1.81 bits per heavy atom. The first-order valence-electron chi connectivity index (χ1n) is 12.4. The maximum Gasteiger partial charge on any atom is 0.294 e. The Balaban J connectivity index is 1.34. The molecule has 36 heavy (non-hydrogen) atoms. The molecule has 2 bridgehead atoms. The standard InChI is InChI=1S/C27H32BN6O2/c1-18-12-19(20-13-25(36-5)32-29-16-20)6-7-22(18)23-8-9-24(31-30-23)33(4)21-14-26(2)10-11-27(3,15-21)34(26)28-17-35/h6-9,12-13,16-17,21H,10-11,14-15H2,1-5H3/t21?,26-,27+. The number of rotatable bonds is 7. The van der Waals surface area contributed by atoms with E-state index < -0.39 is 0 Å². The van der Waals surface area contributed by atoms with Crippen molar-refractivity contribution in [1.82, 2.24) is 25.2 Å². The van der Waals surface area contributed by atoms with Gasteiger partial charge in [-0.05, 0) is 69.7 Å². The number of piperidine rings is 1. The van der Waals surface area contributed by atoms with E-state index in [-0.39, 0.29) is 11.1 Å². The largest absolute Gasteiger partial charge is 0.480 e. The van der Waals surface area contributed by atoms with E-state index in [0.29, 0.717) is 11.9 Å². The van der Waals surface area contributed by atoms with Crippen LogP contribution in [0.2, 0.25) is 0 Å². The number of anilines is 1. The molecule has 1 unspecified atom stereocenters. The normalized spacial score (nSPS) is 25.4. The third kappa shape index (κ3) is 4.26. The summed E-state index contributed by atoms with van der Waals surface area (Å²) < 4.78 is 5.20. The van der Waals surface area contributed by atoms with Crippen LogP contribution in [0.15, 0.2) is 42.6 Å². The molecule has 0 saturated carbocycles. The number of ether oxygens (including phenoxy) is 1. The summed E-state index contributed by atoms with van der Waals surface area (Å²) in [6, 6.07) is 12.6. The number of aryl methyl sites for hydroxylation is 1. The number of methoxy groups -OCH3 is 1. The summed E-state index contributed by atoms with van der Waals surface area (Å²) in [4.78, 5) is 15.8. The molecule has 3 atom stereocenters. The Morgan fingerprint density at radius 3 is 2.42 bits per heavy atom. The number of carbonyl (C=O) groups is 1. The molecule has 0 aliphatic carbocycles. The Kier molecular flexibility index (Phi) is 6.28. The molecule has 0 spiro atoms. The summed E-state index contributed by atoms with van der Waals surface area (Å²) in [5.41, 5.74) is 4.98. The predicted molar refractivity (Wildman–Crippen MR) is 142 cm³/mol. The van der Waals surface area contributed by atoms with Crippen molar-refractivity contribution in [2.45, 2.75) is 63.6 Å². The zero-order chi connectivity index (χ0) is 25.5. The van der Waals surface area contributed by atoms with Crippen molar-refractivity contribution in [2.75, 3.05) is 19.1 Å². The highest BCUT2D eigenvalue weighted by Crippen LogP contribution is 2.50. The first-order valence-corrected chi connectivity index (χ1v) is 12.4. The van der Waals surface area contributed by atoms with Crippen LogP contribution in [0.5, 0.6) is 5.88 Å². The average molecular weight is 483 g/mol. The van der Waals surface area contributed by atoms with Gasteiger partial charge in [-0.15, -0.1) is 15.3 Å². The van der Waals surface area contributed by atoms with E-state index in [1.807, 2.05) is 12.1 Å². The lowest BCUT2D eigenvalue weighted by atomic mass is 9.73. The highest BCUT2D eigenvalue weighted by Gasteiger charge is 2.55. The predicted octanol–water partition coefficient (Wildman–Crippen LogP) is 3.94. The minimum Gasteiger partial charge on any atom is -0.480 e. The molecule has 4 heterocycles. The highest BCUT2D eigenvalue weighted by atomic mass is 16.5. The maximum absolute atomic E-state index is 11.3. The molecule has 5 rings (SSSR count). The fourth-order valence-electron chi connectivity index (χ4n) is 6.19. The molecular weight excluding hydrogens is 451 g/mol. The van der Waals surface area contributed by atoms with Crippen LogP contribution in [0.3, 0.4) is 0 Å². The number of carbonyl (C=O) groups excluding carboxylic acids is 1. The molecule has 1 radical (unpaired) electrons. The van der Waals surface area contributed by atoms with Crippen molar-refractivity contribution < 1.29 is 9.53 Å². The number of benzene rings is 1. The summed E-state index contributed by atoms with van der Waals surface area (Å²) in [5, 5.41) is 17.2. The van der Waals surface area contributed by atoms with Gasteiger partial charge in [0.2, 0.25) is 5.88 Å². The van der Waals surface area contributed by atoms with Crippen LogP contribution in [-0.4, -0.2) is 70.1 Å². The van der Waals surface area contributed by atoms with Crippen molar-refractivity contribution in [1.29, 1.82) is 0 Å². The molecule has 2 aliphatic heterocycles. The molecule has 0 N–H and O–H groups in total. The molecule has 3 aromatic rings. The molecule has 8 nitrogen and oxygen atoms in total. The van der Waals surface area contributed by atoms with Gasteiger partial charge in [0.1, 0.15) is 0 Å². The van der Waals surface area contributed by atoms with Crippen LogP contribution in [-0.2, 0) is 4.79 Å². The Bertz CT molecular complexity index is 1250. The SMILES string of the molecule is COc1cc(-c2ccc(-c3ccc(N(C)C4C[C@]5(C)CC[C@](C)(C4)N5[B]C=O)nn3)c(C)c2)cnn1. The van der Waals surface area contributed by atoms with E-state index in [0.717, 1.165) is 65.6 Å². The summed E-state index contributed by atoms with van der Waals surface area (Å²) in [6.07, 6.45) is 6.83. The second kappa shape index (κ2) is 9.28. The molecule has 9 heteroatoms. The second-order valence-corrected chi connectivity index (χ2v) is 10.6. The number of hydrogen-bond donors (Lipinski definition) is 0. The lowest BCUT2D eigenvalue weighted by molar-refractivity contribution is 0.0851. The van der Waals surface area contributed by atoms with E-state index >= 15 is 0 Å². The molecular formula is C27H32BN6O2.